The molecule has 0 atom stereocenters. The van der Waals surface area contributed by atoms with Crippen LogP contribution in [0.25, 0.3) is 0 Å². The first kappa shape index (κ1) is 15.6. The molecule has 0 bridgehead atoms. The standard InChI is InChI=1S/C15H28N2S/c1-3-4-5-6-7-8-9-10-11-16-12-15-14(2)17-13-18-15/h13,16H,3-12H2,1-2H3. The second-order valence-electron chi connectivity index (χ2n) is 5.01. The Balaban J connectivity index is 1.83. The van der Waals surface area contributed by atoms with Crippen molar-refractivity contribution in [3.05, 3.63) is 16.1 Å². The Kier molecular flexibility index (Phi) is 9.13. The van der Waals surface area contributed by atoms with Crippen LogP contribution < -0.4 is 5.32 Å². The molecule has 0 amide bonds. The molecule has 1 heterocycles. The van der Waals surface area contributed by atoms with E-state index in [0.717, 1.165) is 13.1 Å². The van der Waals surface area contributed by atoms with Gasteiger partial charge >= 0.3 is 0 Å². The summed E-state index contributed by atoms with van der Waals surface area (Å²) in [5, 5.41) is 3.51. The molecule has 0 spiro atoms. The van der Waals surface area contributed by atoms with Crippen molar-refractivity contribution < 1.29 is 0 Å². The number of hydrogen-bond acceptors (Lipinski definition) is 3. The van der Waals surface area contributed by atoms with E-state index in [1.165, 1.54) is 61.9 Å². The van der Waals surface area contributed by atoms with Gasteiger partial charge < -0.3 is 5.32 Å². The lowest BCUT2D eigenvalue weighted by molar-refractivity contribution is 0.555. The molecule has 0 aliphatic rings. The Hall–Kier alpha value is -0.410. The molecule has 1 aromatic rings. The van der Waals surface area contributed by atoms with Gasteiger partial charge in [-0.1, -0.05) is 51.9 Å². The molecule has 0 saturated heterocycles. The summed E-state index contributed by atoms with van der Waals surface area (Å²) in [6.07, 6.45) is 11.1. The average molecular weight is 268 g/mol. The van der Waals surface area contributed by atoms with Crippen LogP contribution in [0, 0.1) is 6.92 Å². The van der Waals surface area contributed by atoms with E-state index in [4.69, 9.17) is 0 Å². The first-order chi connectivity index (χ1) is 8.84. The fraction of sp³-hybridized carbons (Fsp3) is 0.800. The minimum absolute atomic E-state index is 0.993. The maximum atomic E-state index is 4.26. The summed E-state index contributed by atoms with van der Waals surface area (Å²) in [6.45, 7) is 6.50. The lowest BCUT2D eigenvalue weighted by atomic mass is 10.1. The van der Waals surface area contributed by atoms with Crippen LogP contribution in [0.3, 0.4) is 0 Å². The summed E-state index contributed by atoms with van der Waals surface area (Å²) in [5.41, 5.74) is 3.12. The summed E-state index contributed by atoms with van der Waals surface area (Å²) < 4.78 is 0. The van der Waals surface area contributed by atoms with Crippen molar-refractivity contribution >= 4 is 11.3 Å². The van der Waals surface area contributed by atoms with Crippen LogP contribution in [0.15, 0.2) is 5.51 Å². The number of nitrogens with zero attached hydrogens (tertiary/aromatic N) is 1. The zero-order valence-corrected chi connectivity index (χ0v) is 12.8. The maximum absolute atomic E-state index is 4.26. The van der Waals surface area contributed by atoms with E-state index < -0.39 is 0 Å². The topological polar surface area (TPSA) is 24.9 Å². The maximum Gasteiger partial charge on any atom is 0.0798 e. The second-order valence-corrected chi connectivity index (χ2v) is 5.95. The molecule has 2 nitrogen and oxygen atoms in total. The van der Waals surface area contributed by atoms with Crippen LogP contribution in [0.2, 0.25) is 0 Å². The van der Waals surface area contributed by atoms with Crippen molar-refractivity contribution in [3.8, 4) is 0 Å². The minimum atomic E-state index is 0.993. The fourth-order valence-corrected chi connectivity index (χ4v) is 2.83. The van der Waals surface area contributed by atoms with Gasteiger partial charge in [0.25, 0.3) is 0 Å². The first-order valence-electron chi connectivity index (χ1n) is 7.44. The molecule has 0 radical (unpaired) electrons. The zero-order chi connectivity index (χ0) is 13.1. The molecule has 0 fully saturated rings. The minimum Gasteiger partial charge on any atom is -0.312 e. The van der Waals surface area contributed by atoms with E-state index in [2.05, 4.69) is 24.1 Å². The predicted octanol–water partition coefficient (Wildman–Crippen LogP) is 4.68. The smallest absolute Gasteiger partial charge is 0.0798 e. The van der Waals surface area contributed by atoms with Crippen LogP contribution in [-0.2, 0) is 6.54 Å². The summed E-state index contributed by atoms with van der Waals surface area (Å²) in [7, 11) is 0. The quantitative estimate of drug-likeness (QED) is 0.589. The van der Waals surface area contributed by atoms with Crippen LogP contribution >= 0.6 is 11.3 Å². The van der Waals surface area contributed by atoms with Crippen molar-refractivity contribution in [2.75, 3.05) is 6.54 Å². The van der Waals surface area contributed by atoms with Gasteiger partial charge in [-0.2, -0.15) is 0 Å². The van der Waals surface area contributed by atoms with Gasteiger partial charge in [0.15, 0.2) is 0 Å². The zero-order valence-electron chi connectivity index (χ0n) is 12.0. The van der Waals surface area contributed by atoms with Crippen molar-refractivity contribution in [2.24, 2.45) is 0 Å². The third-order valence-electron chi connectivity index (χ3n) is 3.34. The SMILES string of the molecule is CCCCCCCCCCNCc1scnc1C. The highest BCUT2D eigenvalue weighted by Gasteiger charge is 1.99. The molecule has 1 N–H and O–H groups in total. The van der Waals surface area contributed by atoms with E-state index in [1.807, 2.05) is 5.51 Å². The van der Waals surface area contributed by atoms with E-state index in [-0.39, 0.29) is 0 Å². The summed E-state index contributed by atoms with van der Waals surface area (Å²) >= 11 is 1.76. The molecule has 0 saturated carbocycles. The van der Waals surface area contributed by atoms with Crippen LogP contribution in [-0.4, -0.2) is 11.5 Å². The van der Waals surface area contributed by atoms with Gasteiger partial charge in [-0.05, 0) is 19.9 Å². The van der Waals surface area contributed by atoms with Gasteiger partial charge in [0.05, 0.1) is 11.2 Å². The van der Waals surface area contributed by atoms with Crippen molar-refractivity contribution in [3.63, 3.8) is 0 Å². The predicted molar refractivity (Wildman–Crippen MR) is 81.2 cm³/mol. The van der Waals surface area contributed by atoms with Gasteiger partial charge in [0.2, 0.25) is 0 Å². The van der Waals surface area contributed by atoms with E-state index in [9.17, 15) is 0 Å². The highest BCUT2D eigenvalue weighted by atomic mass is 32.1. The second kappa shape index (κ2) is 10.5. The summed E-state index contributed by atoms with van der Waals surface area (Å²) in [5.74, 6) is 0. The lowest BCUT2D eigenvalue weighted by Crippen LogP contribution is -2.14. The van der Waals surface area contributed by atoms with Gasteiger partial charge in [-0.25, -0.2) is 4.98 Å². The molecule has 3 heteroatoms. The highest BCUT2D eigenvalue weighted by Crippen LogP contribution is 2.11. The molecule has 18 heavy (non-hydrogen) atoms. The monoisotopic (exact) mass is 268 g/mol. The van der Waals surface area contributed by atoms with Gasteiger partial charge in [-0.15, -0.1) is 11.3 Å². The van der Waals surface area contributed by atoms with Crippen molar-refractivity contribution in [2.45, 2.75) is 71.8 Å². The Morgan fingerprint density at radius 3 is 2.33 bits per heavy atom. The molecule has 0 aromatic carbocycles. The molecule has 0 unspecified atom stereocenters. The average Bonchev–Trinajstić information content (AvgIpc) is 2.77. The van der Waals surface area contributed by atoms with Gasteiger partial charge in [0, 0.05) is 11.4 Å². The van der Waals surface area contributed by atoms with Crippen LogP contribution in [0.1, 0.15) is 68.9 Å². The molecule has 104 valence electrons. The molecule has 0 aliphatic carbocycles. The number of unbranched alkanes of at least 4 members (excludes halogenated alkanes) is 7. The van der Waals surface area contributed by atoms with E-state index in [0.29, 0.717) is 0 Å². The van der Waals surface area contributed by atoms with Crippen molar-refractivity contribution in [1.82, 2.24) is 10.3 Å². The number of thiazole rings is 1. The first-order valence-corrected chi connectivity index (χ1v) is 8.32. The van der Waals surface area contributed by atoms with E-state index in [1.54, 1.807) is 11.3 Å². The largest absolute Gasteiger partial charge is 0.312 e. The highest BCUT2D eigenvalue weighted by molar-refractivity contribution is 7.09. The normalized spacial score (nSPS) is 11.0. The number of hydrogen-bond donors (Lipinski definition) is 1. The van der Waals surface area contributed by atoms with Crippen LogP contribution in [0.4, 0.5) is 0 Å². The summed E-state index contributed by atoms with van der Waals surface area (Å²) in [6, 6.07) is 0. The van der Waals surface area contributed by atoms with Crippen LogP contribution in [0.5, 0.6) is 0 Å². The lowest BCUT2D eigenvalue weighted by Gasteiger charge is -2.04. The fourth-order valence-electron chi connectivity index (χ4n) is 2.08. The van der Waals surface area contributed by atoms with E-state index >= 15 is 0 Å². The van der Waals surface area contributed by atoms with Gasteiger partial charge in [0.1, 0.15) is 0 Å². The number of nitrogens with one attached hydrogen (secondary N) is 1. The third kappa shape index (κ3) is 7.12. The van der Waals surface area contributed by atoms with Crippen molar-refractivity contribution in [1.29, 1.82) is 0 Å². The van der Waals surface area contributed by atoms with Gasteiger partial charge in [-0.3, -0.25) is 0 Å². The Morgan fingerprint density at radius 2 is 1.72 bits per heavy atom. The summed E-state index contributed by atoms with van der Waals surface area (Å²) in [4.78, 5) is 5.64. The third-order valence-corrected chi connectivity index (χ3v) is 4.27. The molecular weight excluding hydrogens is 240 g/mol. The Morgan fingerprint density at radius 1 is 1.06 bits per heavy atom. The molecule has 1 rings (SSSR count). The Bertz CT molecular complexity index is 296. The number of aryl methyl sites for hydroxylation is 1. The number of aromatic nitrogens is 1. The molecule has 1 aromatic heterocycles. The Labute approximate surface area is 116 Å². The molecular formula is C15H28N2S. The molecule has 0 aliphatic heterocycles. The number of rotatable bonds is 11.